The van der Waals surface area contributed by atoms with Crippen molar-refractivity contribution in [1.29, 1.82) is 0 Å². The van der Waals surface area contributed by atoms with Crippen LogP contribution < -0.4 is 0 Å². The number of fused-ring (bicyclic) bond motifs is 1. The highest BCUT2D eigenvalue weighted by Gasteiger charge is 2.08. The van der Waals surface area contributed by atoms with Gasteiger partial charge in [-0.1, -0.05) is 11.6 Å². The Labute approximate surface area is 78.5 Å². The van der Waals surface area contributed by atoms with Gasteiger partial charge >= 0.3 is 6.55 Å². The summed E-state index contributed by atoms with van der Waals surface area (Å²) >= 11 is 5.71. The van der Waals surface area contributed by atoms with E-state index in [4.69, 9.17) is 11.6 Å². The van der Waals surface area contributed by atoms with Crippen LogP contribution in [0.1, 0.15) is 6.55 Å². The van der Waals surface area contributed by atoms with Crippen LogP contribution in [0.25, 0.3) is 10.9 Å². The predicted molar refractivity (Wildman–Crippen MR) is 48.2 cm³/mol. The molecule has 13 heavy (non-hydrogen) atoms. The maximum absolute atomic E-state index is 12.4. The first-order valence-electron chi connectivity index (χ1n) is 3.73. The van der Waals surface area contributed by atoms with Crippen molar-refractivity contribution in [3.8, 4) is 0 Å². The zero-order valence-corrected chi connectivity index (χ0v) is 7.30. The molecule has 0 bridgehead atoms. The van der Waals surface area contributed by atoms with Crippen molar-refractivity contribution in [2.45, 2.75) is 6.55 Å². The molecule has 1 heterocycles. The maximum Gasteiger partial charge on any atom is 0.319 e. The van der Waals surface area contributed by atoms with E-state index in [2.05, 4.69) is 0 Å². The van der Waals surface area contributed by atoms with Gasteiger partial charge in [0.2, 0.25) is 0 Å². The lowest BCUT2D eigenvalue weighted by Gasteiger charge is -2.02. The van der Waals surface area contributed by atoms with Crippen LogP contribution >= 0.6 is 11.6 Å². The van der Waals surface area contributed by atoms with Crippen LogP contribution in [0.4, 0.5) is 8.78 Å². The average molecular weight is 202 g/mol. The first kappa shape index (κ1) is 8.51. The summed E-state index contributed by atoms with van der Waals surface area (Å²) in [6.07, 6.45) is 1.35. The second-order valence-corrected chi connectivity index (χ2v) is 3.14. The summed E-state index contributed by atoms with van der Waals surface area (Å²) in [5.74, 6) is 0. The van der Waals surface area contributed by atoms with Crippen LogP contribution in [0.3, 0.4) is 0 Å². The molecular weight excluding hydrogens is 196 g/mol. The van der Waals surface area contributed by atoms with Crippen LogP contribution in [-0.2, 0) is 0 Å². The minimum Gasteiger partial charge on any atom is -0.291 e. The molecule has 1 aromatic heterocycles. The molecule has 2 rings (SSSR count). The van der Waals surface area contributed by atoms with E-state index >= 15 is 0 Å². The minimum atomic E-state index is -2.50. The lowest BCUT2D eigenvalue weighted by atomic mass is 10.2. The van der Waals surface area contributed by atoms with Crippen LogP contribution in [0.15, 0.2) is 30.5 Å². The van der Waals surface area contributed by atoms with Gasteiger partial charge in [0.15, 0.2) is 0 Å². The smallest absolute Gasteiger partial charge is 0.291 e. The van der Waals surface area contributed by atoms with Gasteiger partial charge in [0.1, 0.15) is 0 Å². The molecule has 0 aliphatic carbocycles. The molecule has 68 valence electrons. The molecule has 0 N–H and O–H groups in total. The third-order valence-electron chi connectivity index (χ3n) is 1.89. The largest absolute Gasteiger partial charge is 0.319 e. The lowest BCUT2D eigenvalue weighted by Crippen LogP contribution is -1.94. The van der Waals surface area contributed by atoms with Gasteiger partial charge in [-0.05, 0) is 24.3 Å². The van der Waals surface area contributed by atoms with Crippen molar-refractivity contribution >= 4 is 22.5 Å². The second-order valence-electron chi connectivity index (χ2n) is 2.70. The summed E-state index contributed by atoms with van der Waals surface area (Å²) < 4.78 is 25.6. The molecule has 0 radical (unpaired) electrons. The fourth-order valence-electron chi connectivity index (χ4n) is 1.31. The monoisotopic (exact) mass is 201 g/mol. The topological polar surface area (TPSA) is 4.93 Å². The van der Waals surface area contributed by atoms with Crippen molar-refractivity contribution in [2.24, 2.45) is 0 Å². The van der Waals surface area contributed by atoms with E-state index in [1.54, 1.807) is 24.3 Å². The van der Waals surface area contributed by atoms with Crippen LogP contribution in [0, 0.1) is 0 Å². The van der Waals surface area contributed by atoms with E-state index in [-0.39, 0.29) is 0 Å². The molecular formula is C9H6ClF2N. The van der Waals surface area contributed by atoms with Crippen molar-refractivity contribution in [2.75, 3.05) is 0 Å². The number of alkyl halides is 2. The summed E-state index contributed by atoms with van der Waals surface area (Å²) in [5.41, 5.74) is 0.499. The zero-order valence-electron chi connectivity index (χ0n) is 6.55. The number of halogens is 3. The fraction of sp³-hybridized carbons (Fsp3) is 0.111. The Morgan fingerprint density at radius 2 is 2.00 bits per heavy atom. The Balaban J connectivity index is 2.69. The molecule has 0 fully saturated rings. The highest BCUT2D eigenvalue weighted by Crippen LogP contribution is 2.24. The number of rotatable bonds is 1. The highest BCUT2D eigenvalue weighted by molar-refractivity contribution is 6.31. The van der Waals surface area contributed by atoms with Gasteiger partial charge in [0.25, 0.3) is 0 Å². The number of hydrogen-bond acceptors (Lipinski definition) is 0. The lowest BCUT2D eigenvalue weighted by molar-refractivity contribution is 0.0752. The Kier molecular flexibility index (Phi) is 1.96. The van der Waals surface area contributed by atoms with Gasteiger partial charge < -0.3 is 0 Å². The van der Waals surface area contributed by atoms with Crippen molar-refractivity contribution < 1.29 is 8.78 Å². The van der Waals surface area contributed by atoms with Gasteiger partial charge in [-0.15, -0.1) is 0 Å². The molecule has 0 amide bonds. The van der Waals surface area contributed by atoms with Crippen molar-refractivity contribution in [3.05, 3.63) is 35.5 Å². The van der Waals surface area contributed by atoms with Gasteiger partial charge in [-0.2, -0.15) is 8.78 Å². The van der Waals surface area contributed by atoms with Crippen LogP contribution in [-0.4, -0.2) is 4.57 Å². The van der Waals surface area contributed by atoms with Crippen molar-refractivity contribution in [1.82, 2.24) is 4.57 Å². The van der Waals surface area contributed by atoms with Crippen LogP contribution in [0.5, 0.6) is 0 Å². The van der Waals surface area contributed by atoms with Gasteiger partial charge in [-0.25, -0.2) is 0 Å². The second kappa shape index (κ2) is 3.00. The molecule has 0 unspecified atom stereocenters. The number of benzene rings is 1. The molecule has 0 saturated carbocycles. The Morgan fingerprint density at radius 3 is 2.69 bits per heavy atom. The number of nitrogens with zero attached hydrogens (tertiary/aromatic N) is 1. The fourth-order valence-corrected chi connectivity index (χ4v) is 1.49. The first-order chi connectivity index (χ1) is 6.18. The zero-order chi connectivity index (χ0) is 9.42. The summed E-state index contributed by atoms with van der Waals surface area (Å²) in [7, 11) is 0. The Bertz CT molecular complexity index is 436. The predicted octanol–water partition coefficient (Wildman–Crippen LogP) is 3.69. The number of aromatic nitrogens is 1. The average Bonchev–Trinajstić information content (AvgIpc) is 2.46. The molecule has 1 nitrogen and oxygen atoms in total. The molecule has 0 saturated heterocycles. The normalized spacial score (nSPS) is 11.4. The Morgan fingerprint density at radius 1 is 1.23 bits per heavy atom. The standard InChI is InChI=1S/C9H6ClF2N/c10-7-1-2-8-6(5-7)3-4-13(8)9(11)12/h1-5,9H. The summed E-state index contributed by atoms with van der Waals surface area (Å²) in [6.45, 7) is -2.50. The number of hydrogen-bond donors (Lipinski definition) is 0. The quantitative estimate of drug-likeness (QED) is 0.663. The summed E-state index contributed by atoms with van der Waals surface area (Å²) in [6, 6.07) is 6.47. The molecule has 0 aliphatic heterocycles. The first-order valence-corrected chi connectivity index (χ1v) is 4.10. The SMILES string of the molecule is FC(F)n1ccc2cc(Cl)ccc21. The molecule has 0 spiro atoms. The molecule has 4 heteroatoms. The van der Waals surface area contributed by atoms with Crippen molar-refractivity contribution in [3.63, 3.8) is 0 Å². The van der Waals surface area contributed by atoms with Gasteiger partial charge in [0, 0.05) is 16.6 Å². The molecule has 0 aliphatic rings. The third-order valence-corrected chi connectivity index (χ3v) is 2.13. The summed E-state index contributed by atoms with van der Waals surface area (Å²) in [4.78, 5) is 0. The third kappa shape index (κ3) is 1.40. The van der Waals surface area contributed by atoms with E-state index < -0.39 is 6.55 Å². The Hall–Kier alpha value is -1.09. The summed E-state index contributed by atoms with van der Waals surface area (Å²) in [5, 5.41) is 1.28. The van der Waals surface area contributed by atoms with Gasteiger partial charge in [-0.3, -0.25) is 4.57 Å². The molecule has 2 aromatic rings. The van der Waals surface area contributed by atoms with E-state index in [0.29, 0.717) is 10.5 Å². The maximum atomic E-state index is 12.4. The van der Waals surface area contributed by atoms with Crippen LogP contribution in [0.2, 0.25) is 5.02 Å². The van der Waals surface area contributed by atoms with E-state index in [1.807, 2.05) is 0 Å². The minimum absolute atomic E-state index is 0.499. The van der Waals surface area contributed by atoms with E-state index in [9.17, 15) is 8.78 Å². The van der Waals surface area contributed by atoms with E-state index in [0.717, 1.165) is 9.95 Å². The molecule has 0 atom stereocenters. The van der Waals surface area contributed by atoms with E-state index in [1.165, 1.54) is 6.20 Å². The highest BCUT2D eigenvalue weighted by atomic mass is 35.5. The molecule has 1 aromatic carbocycles. The van der Waals surface area contributed by atoms with Gasteiger partial charge in [0.05, 0.1) is 5.52 Å².